The average molecular weight is 2020 g/mol. The predicted octanol–water partition coefficient (Wildman–Crippen LogP) is -7.18. The number of nitrogens with two attached hydrogens (primary N) is 7. The lowest BCUT2D eigenvalue weighted by molar-refractivity contribution is -0.143. The Morgan fingerprint density at radius 2 is 0.679 bits per heavy atom. The second-order valence-corrected chi connectivity index (χ2v) is 36.4. The number of rotatable bonds is 72. The lowest BCUT2D eigenvalue weighted by atomic mass is 10.0. The number of aliphatic carboxylic acids is 2. The lowest BCUT2D eigenvalue weighted by Gasteiger charge is -2.29. The summed E-state index contributed by atoms with van der Waals surface area (Å²) in [6.45, 7) is 6.36. The highest BCUT2D eigenvalue weighted by Gasteiger charge is 2.40. The maximum atomic E-state index is 14.8. The van der Waals surface area contributed by atoms with Gasteiger partial charge < -0.3 is 161 Å². The molecule has 50 nitrogen and oxygen atoms in total. The Labute approximate surface area is 821 Å². The maximum absolute atomic E-state index is 14.8. The summed E-state index contributed by atoms with van der Waals surface area (Å²) in [5, 5.41) is 120. The molecule has 0 spiro atoms. The summed E-state index contributed by atoms with van der Waals surface area (Å²) in [7, 11) is 0. The van der Waals surface area contributed by atoms with E-state index in [1.807, 2.05) is 6.26 Å². The highest BCUT2D eigenvalue weighted by molar-refractivity contribution is 7.98. The minimum absolute atomic E-state index is 0.00383. The van der Waals surface area contributed by atoms with E-state index in [1.165, 1.54) is 72.1 Å². The molecule has 16 amide bonds. The highest BCUT2D eigenvalue weighted by atomic mass is 32.2. The molecule has 0 radical (unpaired) electrons. The molecule has 39 N–H and O–H groups in total. The second-order valence-electron chi connectivity index (χ2n) is 34.4. The first-order chi connectivity index (χ1) is 66.2. The normalized spacial score (nSPS) is 14.6. The van der Waals surface area contributed by atoms with Gasteiger partial charge in [-0.15, -0.1) is 0 Å². The smallest absolute Gasteiger partial charge is 0.326 e. The molecule has 2 rings (SSSR count). The molecule has 0 aliphatic carbocycles. The summed E-state index contributed by atoms with van der Waals surface area (Å²) < 4.78 is 0. The number of phenolic OH excluding ortho intramolecular Hbond substituents is 2. The summed E-state index contributed by atoms with van der Waals surface area (Å²) in [5.74, 6) is -20.8. The largest absolute Gasteiger partial charge is 0.508 e. The fourth-order valence-electron chi connectivity index (χ4n) is 13.9. The summed E-state index contributed by atoms with van der Waals surface area (Å²) in [6, 6.07) is -13.3. The molecule has 0 bridgehead atoms. The third-order valence-corrected chi connectivity index (χ3v) is 22.8. The summed E-state index contributed by atoms with van der Waals surface area (Å²) in [5.41, 5.74) is 40.8. The molecule has 0 heterocycles. The van der Waals surface area contributed by atoms with Crippen LogP contribution in [0.25, 0.3) is 0 Å². The van der Waals surface area contributed by atoms with E-state index in [-0.39, 0.29) is 159 Å². The molecule has 786 valence electrons. The molecule has 2 aromatic rings. The van der Waals surface area contributed by atoms with Crippen LogP contribution >= 0.6 is 23.5 Å². The average Bonchev–Trinajstić information content (AvgIpc) is 0.845. The van der Waals surface area contributed by atoms with Gasteiger partial charge in [0.25, 0.3) is 0 Å². The number of nitrogens with one attached hydrogen (secondary N) is 19. The number of phenols is 2. The molecule has 0 aromatic heterocycles. The Morgan fingerprint density at radius 3 is 1.04 bits per heavy atom. The van der Waals surface area contributed by atoms with E-state index in [4.69, 9.17) is 51.0 Å². The number of amides is 16. The van der Waals surface area contributed by atoms with Gasteiger partial charge in [0.1, 0.15) is 96.1 Å². The molecule has 0 saturated heterocycles. The minimum atomic E-state index is -2.12. The van der Waals surface area contributed by atoms with Crippen LogP contribution in [0.15, 0.2) is 48.5 Å². The van der Waals surface area contributed by atoms with Gasteiger partial charge in [-0.05, 0) is 213 Å². The number of hydrogen-bond acceptors (Lipinski definition) is 30. The maximum Gasteiger partial charge on any atom is 0.326 e. The van der Waals surface area contributed by atoms with Crippen molar-refractivity contribution in [3.63, 3.8) is 0 Å². The highest BCUT2D eigenvalue weighted by Crippen LogP contribution is 2.19. The van der Waals surface area contributed by atoms with Crippen LogP contribution in [0.1, 0.15) is 174 Å². The fourth-order valence-corrected chi connectivity index (χ4v) is 14.9. The summed E-state index contributed by atoms with van der Waals surface area (Å²) in [6.07, 6.45) is -0.772. The van der Waals surface area contributed by atoms with E-state index >= 15 is 0 Å². The molecular weight excluding hydrogens is 1870 g/mol. The van der Waals surface area contributed by atoms with E-state index in [2.05, 4.69) is 90.4 Å². The number of aliphatic hydroxyl groups is 2. The number of benzene rings is 2. The van der Waals surface area contributed by atoms with Crippen LogP contribution in [0.3, 0.4) is 0 Å². The van der Waals surface area contributed by atoms with Gasteiger partial charge in [-0.3, -0.25) is 92.3 Å². The molecule has 52 heteroatoms. The number of primary amides is 1. The Hall–Kier alpha value is -12.5. The van der Waals surface area contributed by atoms with Crippen molar-refractivity contribution in [3.05, 3.63) is 59.7 Å². The van der Waals surface area contributed by atoms with Gasteiger partial charge in [-0.25, -0.2) is 4.79 Å². The third kappa shape index (κ3) is 50.4. The van der Waals surface area contributed by atoms with Crippen molar-refractivity contribution in [3.8, 4) is 11.5 Å². The van der Waals surface area contributed by atoms with Crippen LogP contribution in [-0.4, -0.2) is 316 Å². The Kier molecular flexibility index (Phi) is 59.8. The molecule has 0 fully saturated rings. The van der Waals surface area contributed by atoms with Crippen LogP contribution < -0.4 is 131 Å². The zero-order chi connectivity index (χ0) is 105. The summed E-state index contributed by atoms with van der Waals surface area (Å²) in [4.78, 5) is 252. The number of hydrogen-bond donors (Lipinski definition) is 32. The van der Waals surface area contributed by atoms with E-state index < -0.39 is 253 Å². The van der Waals surface area contributed by atoms with Crippen LogP contribution in [0.2, 0.25) is 0 Å². The number of aromatic hydroxyl groups is 2. The van der Waals surface area contributed by atoms with Crippen LogP contribution in [0.5, 0.6) is 11.5 Å². The number of thioether (sulfide) groups is 2. The number of carbonyl (C=O) groups is 18. The number of carbonyl (C=O) groups excluding carboxylic acids is 16. The van der Waals surface area contributed by atoms with Gasteiger partial charge in [0.2, 0.25) is 94.5 Å². The lowest BCUT2D eigenvalue weighted by Crippen LogP contribution is -2.62. The van der Waals surface area contributed by atoms with Crippen LogP contribution in [0, 0.1) is 22.7 Å². The van der Waals surface area contributed by atoms with Crippen LogP contribution in [-0.2, 0) is 99.1 Å². The van der Waals surface area contributed by atoms with Gasteiger partial charge in [-0.1, -0.05) is 52.0 Å². The fraction of sp³-hybridized carbons (Fsp3) is 0.636. The molecule has 0 unspecified atom stereocenters. The van der Waals surface area contributed by atoms with Gasteiger partial charge in [0.15, 0.2) is 11.9 Å². The molecule has 0 saturated carbocycles. The van der Waals surface area contributed by atoms with E-state index in [0.29, 0.717) is 36.1 Å². The zero-order valence-corrected chi connectivity index (χ0v) is 82.0. The third-order valence-electron chi connectivity index (χ3n) is 21.5. The number of guanidine groups is 2. The van der Waals surface area contributed by atoms with E-state index in [0.717, 1.165) is 6.92 Å². The quantitative estimate of drug-likeness (QED) is 0.0166. The van der Waals surface area contributed by atoms with Crippen molar-refractivity contribution in [1.29, 1.82) is 10.8 Å². The first-order valence-electron chi connectivity index (χ1n) is 46.3. The molecular formula is C88H148N26O24S2. The standard InChI is InChI=1S/C88H148N26O24S2/c1-47(2)40-62(109-74(125)56(17-9-12-34-90)102-73(124)55(16-8-11-33-89)103-78(129)60(29-30-68(93)119)107-81(132)63(42-50-21-25-52(117)26-22-50)101-69(120)45-100-72(123)54(92)31-38-139-6)80(131)105-59(20-15-37-99-88(96)97)77(128)113-67(46-115)84(135)108-61(32-39-140-7)79(130)114-71(49(5)116)85(136)111-65(44-70(121)122)83(134)104-57(18-10-13-35-91)75(126)110-64(43-51-23-27-53(118)28-24-51)82(133)106-58(19-14-36-98-87(94)95)76(127)112-66(86(137)138)41-48(3)4/h21-28,47-49,54-67,71,115-118H,8-20,29-46,89-92H2,1-7H3,(H2,93,119)(H,100,123)(H,101,120)(H,102,124)(H,103,129)(H,104,134)(H,105,131)(H,106,133)(H,107,132)(H,108,135)(H,109,125)(H,110,126)(H,111,136)(H,112,127)(H,113,128)(H,114,130)(H,121,122)(H,137,138)(H4,94,95,98)(H4,96,97,99)/t49-,54+,55+,56+,57+,58+,59+,60+,61+,62+,63+,64-,65+,66+,67+,71+/m1/s1. The molecule has 140 heavy (non-hydrogen) atoms. The Balaban J connectivity index is 2.60. The first kappa shape index (κ1) is 124. The zero-order valence-electron chi connectivity index (χ0n) is 80.3. The molecule has 0 aliphatic rings. The number of aliphatic hydroxyl groups excluding tert-OH is 2. The van der Waals surface area contributed by atoms with Gasteiger partial charge >= 0.3 is 11.9 Å². The van der Waals surface area contributed by atoms with Crippen molar-refractivity contribution in [1.82, 2.24) is 90.4 Å². The predicted molar refractivity (Wildman–Crippen MR) is 521 cm³/mol. The van der Waals surface area contributed by atoms with Crippen molar-refractivity contribution in [2.45, 2.75) is 273 Å². The van der Waals surface area contributed by atoms with Crippen molar-refractivity contribution in [2.24, 2.45) is 52.0 Å². The van der Waals surface area contributed by atoms with Gasteiger partial charge in [0.05, 0.1) is 31.7 Å². The second kappa shape index (κ2) is 67.7. The van der Waals surface area contributed by atoms with Gasteiger partial charge in [0, 0.05) is 32.4 Å². The van der Waals surface area contributed by atoms with Crippen LogP contribution in [0.4, 0.5) is 0 Å². The Bertz CT molecular complexity index is 4360. The molecule has 0 aliphatic heterocycles. The SMILES string of the molecule is CSCC[C@H](NC(=O)[C@H](CO)NC(=O)[C@H](CCCNC(=N)N)NC(=O)[C@H](CC(C)C)NC(=O)[C@H](CCCCN)NC(=O)[C@H](CCCCN)NC(=O)[C@H](CCC(N)=O)NC(=O)[C@H](Cc1ccc(O)cc1)NC(=O)CNC(=O)[C@@H](N)CCSC)C(=O)N[C@H](C(=O)N[C@@H](CC(=O)O)C(=O)N[C@@H](CCCCN)C(=O)N[C@H](Cc1ccc(O)cc1)C(=O)N[C@@H](CCCNC(=N)N)C(=O)N[C@@H](CC(C)C)C(=O)O)[C@@H](C)O. The topological polar surface area (TPSA) is 863 Å². The monoisotopic (exact) mass is 2020 g/mol. The van der Waals surface area contributed by atoms with E-state index in [1.54, 1.807) is 34.0 Å². The molecule has 2 aromatic carbocycles. The number of carboxylic acid groups (broad SMARTS) is 2. The van der Waals surface area contributed by atoms with Crippen molar-refractivity contribution < 1.29 is 117 Å². The summed E-state index contributed by atoms with van der Waals surface area (Å²) >= 11 is 2.62. The van der Waals surface area contributed by atoms with Crippen molar-refractivity contribution >= 4 is 142 Å². The Morgan fingerprint density at radius 1 is 0.364 bits per heavy atom. The van der Waals surface area contributed by atoms with Crippen molar-refractivity contribution in [2.75, 3.05) is 69.9 Å². The first-order valence-corrected chi connectivity index (χ1v) is 49.1. The van der Waals surface area contributed by atoms with E-state index in [9.17, 15) is 117 Å². The minimum Gasteiger partial charge on any atom is -0.508 e. The molecule has 16 atom stereocenters. The van der Waals surface area contributed by atoms with Gasteiger partial charge in [-0.2, -0.15) is 23.5 Å². The number of unbranched alkanes of at least 4 members (excludes halogenated alkanes) is 3. The number of carboxylic acids is 2.